The molecule has 0 atom stereocenters. The molecule has 110 valence electrons. The molecule has 0 radical (unpaired) electrons. The van der Waals surface area contributed by atoms with Gasteiger partial charge in [0.1, 0.15) is 0 Å². The molecule has 0 saturated heterocycles. The highest BCUT2D eigenvalue weighted by Crippen LogP contribution is 2.14. The van der Waals surface area contributed by atoms with Gasteiger partial charge in [-0.2, -0.15) is 0 Å². The monoisotopic (exact) mass is 321 g/mol. The number of benzene rings is 2. The van der Waals surface area contributed by atoms with E-state index in [-0.39, 0.29) is 11.4 Å². The molecule has 2 aromatic carbocycles. The van der Waals surface area contributed by atoms with Crippen molar-refractivity contribution in [3.8, 4) is 0 Å². The van der Waals surface area contributed by atoms with Crippen LogP contribution >= 0.6 is 11.6 Å². The lowest BCUT2D eigenvalue weighted by Crippen LogP contribution is -2.25. The SMILES string of the molecule is C=C(CNS(=O)(=O)c1ccc(CCl)cc1)c1ccccc1. The van der Waals surface area contributed by atoms with Gasteiger partial charge in [-0.1, -0.05) is 49.0 Å². The predicted octanol–water partition coefficient (Wildman–Crippen LogP) is 3.42. The van der Waals surface area contributed by atoms with E-state index < -0.39 is 10.0 Å². The highest BCUT2D eigenvalue weighted by Gasteiger charge is 2.13. The molecule has 21 heavy (non-hydrogen) atoms. The molecular formula is C16H16ClNO2S. The first kappa shape index (κ1) is 15.8. The fourth-order valence-corrected chi connectivity index (χ4v) is 3.00. The molecule has 5 heteroatoms. The van der Waals surface area contributed by atoms with Gasteiger partial charge in [-0.15, -0.1) is 11.6 Å². The summed E-state index contributed by atoms with van der Waals surface area (Å²) in [6.07, 6.45) is 0. The third kappa shape index (κ3) is 4.17. The maximum absolute atomic E-state index is 12.2. The van der Waals surface area contributed by atoms with Gasteiger partial charge in [0, 0.05) is 12.4 Å². The van der Waals surface area contributed by atoms with Crippen molar-refractivity contribution in [1.29, 1.82) is 0 Å². The van der Waals surface area contributed by atoms with E-state index in [1.54, 1.807) is 24.3 Å². The van der Waals surface area contributed by atoms with Crippen LogP contribution in [0.2, 0.25) is 0 Å². The molecule has 0 fully saturated rings. The number of rotatable bonds is 6. The first-order chi connectivity index (χ1) is 10.0. The Morgan fingerprint density at radius 3 is 2.24 bits per heavy atom. The van der Waals surface area contributed by atoms with Crippen molar-refractivity contribution in [2.45, 2.75) is 10.8 Å². The first-order valence-corrected chi connectivity index (χ1v) is 8.42. The van der Waals surface area contributed by atoms with Crippen LogP contribution in [0.4, 0.5) is 0 Å². The maximum Gasteiger partial charge on any atom is 0.240 e. The largest absolute Gasteiger partial charge is 0.240 e. The van der Waals surface area contributed by atoms with Crippen molar-refractivity contribution in [3.05, 3.63) is 72.3 Å². The fourth-order valence-electron chi connectivity index (χ4n) is 1.80. The Morgan fingerprint density at radius 2 is 1.67 bits per heavy atom. The van der Waals surface area contributed by atoms with E-state index in [0.29, 0.717) is 5.88 Å². The minimum atomic E-state index is -3.54. The standard InChI is InChI=1S/C16H16ClNO2S/c1-13(15-5-3-2-4-6-15)12-18-21(19,20)16-9-7-14(11-17)8-10-16/h2-10,18H,1,11-12H2. The average Bonchev–Trinajstić information content (AvgIpc) is 2.53. The molecule has 2 rings (SSSR count). The highest BCUT2D eigenvalue weighted by atomic mass is 35.5. The predicted molar refractivity (Wildman–Crippen MR) is 86.7 cm³/mol. The molecule has 0 aliphatic rings. The number of nitrogens with one attached hydrogen (secondary N) is 1. The molecule has 2 aromatic rings. The Labute approximate surface area is 130 Å². The summed E-state index contributed by atoms with van der Waals surface area (Å²) in [5, 5.41) is 0. The van der Waals surface area contributed by atoms with Gasteiger partial charge in [0.05, 0.1) is 4.90 Å². The van der Waals surface area contributed by atoms with Gasteiger partial charge in [-0.3, -0.25) is 0 Å². The third-order valence-electron chi connectivity index (χ3n) is 3.05. The van der Waals surface area contributed by atoms with Crippen LogP contribution < -0.4 is 4.72 Å². The number of hydrogen-bond donors (Lipinski definition) is 1. The minimum absolute atomic E-state index is 0.170. The molecule has 0 aromatic heterocycles. The van der Waals surface area contributed by atoms with Crippen molar-refractivity contribution < 1.29 is 8.42 Å². The second-order valence-corrected chi connectivity index (χ2v) is 6.61. The Balaban J connectivity index is 2.05. The zero-order valence-corrected chi connectivity index (χ0v) is 13.0. The summed E-state index contributed by atoms with van der Waals surface area (Å²) in [4.78, 5) is 0.220. The quantitative estimate of drug-likeness (QED) is 0.829. The normalized spacial score (nSPS) is 11.3. The topological polar surface area (TPSA) is 46.2 Å². The number of sulfonamides is 1. The Hall–Kier alpha value is -1.62. The summed E-state index contributed by atoms with van der Waals surface area (Å²) < 4.78 is 26.9. The molecule has 0 saturated carbocycles. The van der Waals surface area contributed by atoms with E-state index in [1.807, 2.05) is 30.3 Å². The number of alkyl halides is 1. The minimum Gasteiger partial charge on any atom is -0.207 e. The second kappa shape index (κ2) is 6.89. The lowest BCUT2D eigenvalue weighted by molar-refractivity contribution is 0.586. The number of hydrogen-bond acceptors (Lipinski definition) is 2. The molecular weight excluding hydrogens is 306 g/mol. The van der Waals surface area contributed by atoms with Gasteiger partial charge < -0.3 is 0 Å². The summed E-state index contributed by atoms with van der Waals surface area (Å²) >= 11 is 5.69. The summed E-state index contributed by atoms with van der Waals surface area (Å²) in [6, 6.07) is 16.0. The van der Waals surface area contributed by atoms with Crippen LogP contribution in [0.15, 0.2) is 66.1 Å². The van der Waals surface area contributed by atoms with Crippen LogP contribution in [0.3, 0.4) is 0 Å². The summed E-state index contributed by atoms with van der Waals surface area (Å²) in [7, 11) is -3.54. The van der Waals surface area contributed by atoms with Crippen LogP contribution in [0.25, 0.3) is 5.57 Å². The van der Waals surface area contributed by atoms with E-state index in [4.69, 9.17) is 11.6 Å². The molecule has 0 heterocycles. The Morgan fingerprint density at radius 1 is 1.05 bits per heavy atom. The van der Waals surface area contributed by atoms with Gasteiger partial charge >= 0.3 is 0 Å². The molecule has 0 aliphatic heterocycles. The summed E-state index contributed by atoms with van der Waals surface area (Å²) in [6.45, 7) is 4.07. The first-order valence-electron chi connectivity index (χ1n) is 6.41. The van der Waals surface area contributed by atoms with E-state index >= 15 is 0 Å². The molecule has 0 unspecified atom stereocenters. The van der Waals surface area contributed by atoms with Crippen LogP contribution in [0, 0.1) is 0 Å². The van der Waals surface area contributed by atoms with E-state index in [9.17, 15) is 8.42 Å². The molecule has 3 nitrogen and oxygen atoms in total. The summed E-state index contributed by atoms with van der Waals surface area (Å²) in [5.74, 6) is 0.360. The molecule has 1 N–H and O–H groups in total. The van der Waals surface area contributed by atoms with Crippen molar-refractivity contribution in [3.63, 3.8) is 0 Å². The van der Waals surface area contributed by atoms with Gasteiger partial charge in [0.25, 0.3) is 0 Å². The molecule has 0 spiro atoms. The second-order valence-electron chi connectivity index (χ2n) is 4.57. The zero-order chi connectivity index (χ0) is 15.3. The van der Waals surface area contributed by atoms with Crippen molar-refractivity contribution in [2.75, 3.05) is 6.54 Å². The van der Waals surface area contributed by atoms with E-state index in [2.05, 4.69) is 11.3 Å². The van der Waals surface area contributed by atoms with Crippen LogP contribution in [0.1, 0.15) is 11.1 Å². The average molecular weight is 322 g/mol. The van der Waals surface area contributed by atoms with Gasteiger partial charge in [-0.05, 0) is 28.8 Å². The van der Waals surface area contributed by atoms with Crippen LogP contribution in [-0.4, -0.2) is 15.0 Å². The lowest BCUT2D eigenvalue weighted by Gasteiger charge is -2.09. The van der Waals surface area contributed by atoms with Crippen molar-refractivity contribution in [2.24, 2.45) is 0 Å². The smallest absolute Gasteiger partial charge is 0.207 e. The van der Waals surface area contributed by atoms with Crippen molar-refractivity contribution >= 4 is 27.2 Å². The van der Waals surface area contributed by atoms with Crippen LogP contribution in [-0.2, 0) is 15.9 Å². The van der Waals surface area contributed by atoms with Gasteiger partial charge in [0.15, 0.2) is 0 Å². The zero-order valence-electron chi connectivity index (χ0n) is 11.4. The molecule has 0 amide bonds. The Bertz CT molecular complexity index is 710. The van der Waals surface area contributed by atoms with Gasteiger partial charge in [0.2, 0.25) is 10.0 Å². The Kier molecular flexibility index (Phi) is 5.17. The fraction of sp³-hybridized carbons (Fsp3) is 0.125. The number of halogens is 1. The van der Waals surface area contributed by atoms with E-state index in [0.717, 1.165) is 16.7 Å². The third-order valence-corrected chi connectivity index (χ3v) is 4.77. The molecule has 0 aliphatic carbocycles. The van der Waals surface area contributed by atoms with E-state index in [1.165, 1.54) is 0 Å². The highest BCUT2D eigenvalue weighted by molar-refractivity contribution is 7.89. The van der Waals surface area contributed by atoms with Gasteiger partial charge in [-0.25, -0.2) is 13.1 Å². The van der Waals surface area contributed by atoms with Crippen LogP contribution in [0.5, 0.6) is 0 Å². The molecule has 0 bridgehead atoms. The van der Waals surface area contributed by atoms with Crippen molar-refractivity contribution in [1.82, 2.24) is 4.72 Å². The lowest BCUT2D eigenvalue weighted by atomic mass is 10.1. The summed E-state index contributed by atoms with van der Waals surface area (Å²) in [5.41, 5.74) is 2.51. The maximum atomic E-state index is 12.2.